The fraction of sp³-hybridized carbons (Fsp3) is 0.500. The molecule has 1 aromatic rings. The molecule has 0 amide bonds. The lowest BCUT2D eigenvalue weighted by Crippen LogP contribution is -2.24. The molecule has 1 rings (SSSR count). The first kappa shape index (κ1) is 15.7. The summed E-state index contributed by atoms with van der Waals surface area (Å²) in [6.07, 6.45) is -4.12. The zero-order valence-corrected chi connectivity index (χ0v) is 11.2. The van der Waals surface area contributed by atoms with Crippen LogP contribution in [0.4, 0.5) is 13.2 Å². The minimum absolute atomic E-state index is 0.0218. The van der Waals surface area contributed by atoms with Crippen molar-refractivity contribution in [3.8, 4) is 0 Å². The molecule has 0 saturated heterocycles. The van der Waals surface area contributed by atoms with Crippen LogP contribution in [0.5, 0.6) is 0 Å². The van der Waals surface area contributed by atoms with Gasteiger partial charge in [0.2, 0.25) is 0 Å². The third kappa shape index (κ3) is 4.35. The van der Waals surface area contributed by atoms with E-state index in [9.17, 15) is 18.0 Å². The average Bonchev–Trinajstić information content (AvgIpc) is 2.35. The number of carbonyl (C=O) groups is 1. The van der Waals surface area contributed by atoms with Crippen molar-refractivity contribution in [3.63, 3.8) is 0 Å². The van der Waals surface area contributed by atoms with Gasteiger partial charge < -0.3 is 4.74 Å². The lowest BCUT2D eigenvalue weighted by Gasteiger charge is -2.22. The number of rotatable bonds is 5. The first-order valence-corrected chi connectivity index (χ1v) is 5.92. The molecule has 0 heterocycles. The van der Waals surface area contributed by atoms with Gasteiger partial charge in [0.05, 0.1) is 11.2 Å². The first-order chi connectivity index (χ1) is 8.67. The van der Waals surface area contributed by atoms with Crippen LogP contribution in [0.15, 0.2) is 24.3 Å². The summed E-state index contributed by atoms with van der Waals surface area (Å²) in [6, 6.07) is 4.85. The molecule has 0 bridgehead atoms. The van der Waals surface area contributed by atoms with Crippen LogP contribution >= 0.6 is 0 Å². The number of hydrogen-bond acceptors (Lipinski definition) is 2. The van der Waals surface area contributed by atoms with E-state index in [1.54, 1.807) is 13.8 Å². The zero-order valence-electron chi connectivity index (χ0n) is 11.2. The van der Waals surface area contributed by atoms with Crippen molar-refractivity contribution in [2.45, 2.75) is 38.5 Å². The maximum Gasteiger partial charge on any atom is 0.417 e. The second kappa shape index (κ2) is 5.74. The van der Waals surface area contributed by atoms with Gasteiger partial charge in [0.15, 0.2) is 5.78 Å². The predicted octanol–water partition coefficient (Wildman–Crippen LogP) is 4.09. The van der Waals surface area contributed by atoms with E-state index >= 15 is 0 Å². The Morgan fingerprint density at radius 1 is 1.21 bits per heavy atom. The predicted molar refractivity (Wildman–Crippen MR) is 66.1 cm³/mol. The molecule has 0 atom stereocenters. The van der Waals surface area contributed by atoms with Crippen molar-refractivity contribution >= 4 is 5.78 Å². The van der Waals surface area contributed by atoms with Crippen molar-refractivity contribution in [1.29, 1.82) is 0 Å². The molecule has 0 aromatic heterocycles. The Labute approximate surface area is 110 Å². The van der Waals surface area contributed by atoms with E-state index in [0.717, 1.165) is 6.07 Å². The SMILES string of the molecule is COC(C)(C)CCC(=O)c1ccccc1C(F)(F)F. The van der Waals surface area contributed by atoms with Gasteiger partial charge in [-0.2, -0.15) is 13.2 Å². The second-order valence-electron chi connectivity index (χ2n) is 4.93. The number of halogens is 3. The Kier molecular flexibility index (Phi) is 4.74. The number of benzene rings is 1. The normalized spacial score (nSPS) is 12.5. The highest BCUT2D eigenvalue weighted by Crippen LogP contribution is 2.32. The number of hydrogen-bond donors (Lipinski definition) is 0. The van der Waals surface area contributed by atoms with Crippen molar-refractivity contribution in [3.05, 3.63) is 35.4 Å². The van der Waals surface area contributed by atoms with Crippen LogP contribution in [-0.2, 0) is 10.9 Å². The van der Waals surface area contributed by atoms with Gasteiger partial charge >= 0.3 is 6.18 Å². The van der Waals surface area contributed by atoms with E-state index in [2.05, 4.69) is 0 Å². The van der Waals surface area contributed by atoms with E-state index in [-0.39, 0.29) is 12.0 Å². The Balaban J connectivity index is 2.90. The van der Waals surface area contributed by atoms with E-state index in [1.165, 1.54) is 25.3 Å². The van der Waals surface area contributed by atoms with E-state index < -0.39 is 23.1 Å². The van der Waals surface area contributed by atoms with Crippen LogP contribution in [0.2, 0.25) is 0 Å². The van der Waals surface area contributed by atoms with Crippen LogP contribution in [-0.4, -0.2) is 18.5 Å². The molecule has 0 fully saturated rings. The van der Waals surface area contributed by atoms with Gasteiger partial charge in [-0.15, -0.1) is 0 Å². The van der Waals surface area contributed by atoms with Crippen LogP contribution in [0.3, 0.4) is 0 Å². The van der Waals surface area contributed by atoms with Crippen molar-refractivity contribution in [1.82, 2.24) is 0 Å². The number of methoxy groups -OCH3 is 1. The van der Waals surface area contributed by atoms with Gasteiger partial charge in [-0.1, -0.05) is 18.2 Å². The summed E-state index contributed by atoms with van der Waals surface area (Å²) < 4.78 is 43.5. The third-order valence-corrected chi connectivity index (χ3v) is 3.04. The monoisotopic (exact) mass is 274 g/mol. The number of ketones is 1. The Morgan fingerprint density at radius 3 is 2.32 bits per heavy atom. The van der Waals surface area contributed by atoms with Gasteiger partial charge in [-0.25, -0.2) is 0 Å². The third-order valence-electron chi connectivity index (χ3n) is 3.04. The minimum Gasteiger partial charge on any atom is -0.379 e. The number of alkyl halides is 3. The molecular weight excluding hydrogens is 257 g/mol. The highest BCUT2D eigenvalue weighted by Gasteiger charge is 2.34. The van der Waals surface area contributed by atoms with Crippen LogP contribution in [0.1, 0.15) is 42.6 Å². The number of carbonyl (C=O) groups excluding carboxylic acids is 1. The smallest absolute Gasteiger partial charge is 0.379 e. The molecule has 0 radical (unpaired) electrons. The van der Waals surface area contributed by atoms with Crippen molar-refractivity contribution in [2.75, 3.05) is 7.11 Å². The Bertz CT molecular complexity index is 450. The molecule has 0 saturated carbocycles. The summed E-state index contributed by atoms with van der Waals surface area (Å²) in [5, 5.41) is 0. The highest BCUT2D eigenvalue weighted by molar-refractivity contribution is 5.97. The molecule has 19 heavy (non-hydrogen) atoms. The average molecular weight is 274 g/mol. The molecule has 0 aliphatic carbocycles. The fourth-order valence-electron chi connectivity index (χ4n) is 1.62. The second-order valence-corrected chi connectivity index (χ2v) is 4.93. The van der Waals surface area contributed by atoms with Crippen LogP contribution in [0.25, 0.3) is 0 Å². The van der Waals surface area contributed by atoms with Gasteiger partial charge in [-0.3, -0.25) is 4.79 Å². The summed E-state index contributed by atoms with van der Waals surface area (Å²) in [6.45, 7) is 3.58. The molecule has 106 valence electrons. The zero-order chi connectivity index (χ0) is 14.7. The molecule has 0 spiro atoms. The van der Waals surface area contributed by atoms with Gasteiger partial charge in [-0.05, 0) is 26.3 Å². The van der Waals surface area contributed by atoms with E-state index in [0.29, 0.717) is 6.42 Å². The molecule has 0 unspecified atom stereocenters. The van der Waals surface area contributed by atoms with E-state index in [1.807, 2.05) is 0 Å². The summed E-state index contributed by atoms with van der Waals surface area (Å²) in [5.41, 5.74) is -1.68. The number of ether oxygens (including phenoxy) is 1. The van der Waals surface area contributed by atoms with Crippen LogP contribution in [0, 0.1) is 0 Å². The van der Waals surface area contributed by atoms with Gasteiger partial charge in [0, 0.05) is 19.1 Å². The Hall–Kier alpha value is -1.36. The summed E-state index contributed by atoms with van der Waals surface area (Å²) in [5.74, 6) is -0.516. The van der Waals surface area contributed by atoms with Gasteiger partial charge in [0.1, 0.15) is 0 Å². The molecule has 0 aliphatic heterocycles. The van der Waals surface area contributed by atoms with Crippen LogP contribution < -0.4 is 0 Å². The maximum absolute atomic E-state index is 12.8. The summed E-state index contributed by atoms with van der Waals surface area (Å²) >= 11 is 0. The van der Waals surface area contributed by atoms with Crippen molar-refractivity contribution in [2.24, 2.45) is 0 Å². The topological polar surface area (TPSA) is 26.3 Å². The Morgan fingerprint density at radius 2 is 1.79 bits per heavy atom. The maximum atomic E-state index is 12.8. The lowest BCUT2D eigenvalue weighted by atomic mass is 9.95. The molecular formula is C14H17F3O2. The fourth-order valence-corrected chi connectivity index (χ4v) is 1.62. The lowest BCUT2D eigenvalue weighted by molar-refractivity contribution is -0.137. The molecule has 0 aliphatic rings. The molecule has 2 nitrogen and oxygen atoms in total. The highest BCUT2D eigenvalue weighted by atomic mass is 19.4. The summed E-state index contributed by atoms with van der Waals surface area (Å²) in [7, 11) is 1.51. The standard InChI is InChI=1S/C14H17F3O2/c1-13(2,19-3)9-8-12(18)10-6-4-5-7-11(10)14(15,16)17/h4-7H,8-9H2,1-3H3. The summed E-state index contributed by atoms with van der Waals surface area (Å²) in [4.78, 5) is 11.9. The van der Waals surface area contributed by atoms with Gasteiger partial charge in [0.25, 0.3) is 0 Å². The number of Topliss-reactive ketones (excluding diaryl/α,β-unsaturated/α-hetero) is 1. The molecule has 5 heteroatoms. The van der Waals surface area contributed by atoms with E-state index in [4.69, 9.17) is 4.74 Å². The van der Waals surface area contributed by atoms with Crippen molar-refractivity contribution < 1.29 is 22.7 Å². The largest absolute Gasteiger partial charge is 0.417 e. The minimum atomic E-state index is -4.51. The molecule has 0 N–H and O–H groups in total. The molecule has 1 aromatic carbocycles. The first-order valence-electron chi connectivity index (χ1n) is 5.92. The quantitative estimate of drug-likeness (QED) is 0.756.